The van der Waals surface area contributed by atoms with Crippen LogP contribution in [-0.2, 0) is 0 Å². The molecule has 0 aromatic carbocycles. The van der Waals surface area contributed by atoms with Crippen LogP contribution in [0.2, 0.25) is 0 Å². The van der Waals surface area contributed by atoms with Gasteiger partial charge in [0.15, 0.2) is 17.8 Å². The van der Waals surface area contributed by atoms with Crippen molar-refractivity contribution in [2.24, 2.45) is 0 Å². The van der Waals surface area contributed by atoms with Gasteiger partial charge in [-0.2, -0.15) is 0 Å². The van der Waals surface area contributed by atoms with Gasteiger partial charge in [-0.1, -0.05) is 0 Å². The molecule has 0 aliphatic carbocycles. The molecule has 0 aliphatic rings. The summed E-state index contributed by atoms with van der Waals surface area (Å²) >= 11 is 0. The van der Waals surface area contributed by atoms with Crippen LogP contribution >= 0.6 is 0 Å². The van der Waals surface area contributed by atoms with E-state index < -0.39 is 0 Å². The number of rotatable bonds is 2. The first-order valence-electron chi connectivity index (χ1n) is 3.69. The number of pyridine rings is 1. The lowest BCUT2D eigenvalue weighted by molar-refractivity contribution is 0.111. The van der Waals surface area contributed by atoms with Crippen LogP contribution in [0.4, 0.5) is 0 Å². The molecule has 0 spiro atoms. The molecule has 13 heavy (non-hydrogen) atoms. The van der Waals surface area contributed by atoms with Gasteiger partial charge in [0.05, 0.1) is 7.11 Å². The summed E-state index contributed by atoms with van der Waals surface area (Å²) in [7, 11) is 1.55. The molecule has 5 nitrogen and oxygen atoms in total. The lowest BCUT2D eigenvalue weighted by Gasteiger charge is -1.97. The number of fused-ring (bicyclic) bond motifs is 1. The molecule has 0 amide bonds. The Hall–Kier alpha value is -1.91. The summed E-state index contributed by atoms with van der Waals surface area (Å²) in [5.74, 6) is 0.887. The molecule has 0 aliphatic heterocycles. The van der Waals surface area contributed by atoms with E-state index in [2.05, 4.69) is 15.0 Å². The normalized spacial score (nSPS) is 10.2. The van der Waals surface area contributed by atoms with E-state index in [1.165, 1.54) is 0 Å². The number of aldehydes is 1. The van der Waals surface area contributed by atoms with Gasteiger partial charge in [0.25, 0.3) is 0 Å². The molecule has 0 fully saturated rings. The zero-order valence-corrected chi connectivity index (χ0v) is 6.94. The maximum Gasteiger partial charge on any atom is 0.185 e. The SMILES string of the molecule is COc1ccnc2nc(C=O)[nH]c12. The molecule has 0 unspecified atom stereocenters. The van der Waals surface area contributed by atoms with Crippen LogP contribution in [0.3, 0.4) is 0 Å². The molecule has 0 radical (unpaired) electrons. The van der Waals surface area contributed by atoms with Crippen LogP contribution in [0, 0.1) is 0 Å². The highest BCUT2D eigenvalue weighted by atomic mass is 16.5. The van der Waals surface area contributed by atoms with Crippen LogP contribution in [-0.4, -0.2) is 28.3 Å². The second-order valence-electron chi connectivity index (χ2n) is 2.45. The molecular formula is C8H7N3O2. The zero-order chi connectivity index (χ0) is 9.26. The number of hydrogen-bond donors (Lipinski definition) is 1. The van der Waals surface area contributed by atoms with Gasteiger partial charge in [0.1, 0.15) is 11.3 Å². The number of nitrogens with zero attached hydrogens (tertiary/aromatic N) is 2. The minimum absolute atomic E-state index is 0.256. The van der Waals surface area contributed by atoms with Crippen molar-refractivity contribution in [1.82, 2.24) is 15.0 Å². The quantitative estimate of drug-likeness (QED) is 0.688. The van der Waals surface area contributed by atoms with Crippen LogP contribution in [0.5, 0.6) is 5.75 Å². The number of nitrogens with one attached hydrogen (secondary N) is 1. The Morgan fingerprint density at radius 1 is 1.62 bits per heavy atom. The van der Waals surface area contributed by atoms with Crippen molar-refractivity contribution >= 4 is 17.5 Å². The number of methoxy groups -OCH3 is 1. The number of carbonyl (C=O) groups excluding carboxylic acids is 1. The summed E-state index contributed by atoms with van der Waals surface area (Å²) in [5.41, 5.74) is 1.13. The predicted octanol–water partition coefficient (Wildman–Crippen LogP) is 0.779. The first-order chi connectivity index (χ1) is 6.35. The Labute approximate surface area is 73.8 Å². The number of aromatic nitrogens is 3. The van der Waals surface area contributed by atoms with Gasteiger partial charge in [-0.3, -0.25) is 4.79 Å². The molecule has 1 N–H and O–H groups in total. The summed E-state index contributed by atoms with van der Waals surface area (Å²) in [4.78, 5) is 21.1. The van der Waals surface area contributed by atoms with E-state index in [1.807, 2.05) is 0 Å². The van der Waals surface area contributed by atoms with E-state index in [9.17, 15) is 4.79 Å². The molecular weight excluding hydrogens is 170 g/mol. The van der Waals surface area contributed by atoms with Gasteiger partial charge in [0, 0.05) is 12.3 Å². The van der Waals surface area contributed by atoms with Crippen molar-refractivity contribution in [2.45, 2.75) is 0 Å². The highest BCUT2D eigenvalue weighted by molar-refractivity contribution is 5.83. The zero-order valence-electron chi connectivity index (χ0n) is 6.94. The molecule has 2 rings (SSSR count). The van der Waals surface area contributed by atoms with E-state index in [4.69, 9.17) is 4.74 Å². The second kappa shape index (κ2) is 2.85. The molecule has 66 valence electrons. The summed E-state index contributed by atoms with van der Waals surface area (Å²) in [6.45, 7) is 0. The van der Waals surface area contributed by atoms with Gasteiger partial charge in [-0.15, -0.1) is 0 Å². The monoisotopic (exact) mass is 177 g/mol. The fourth-order valence-electron chi connectivity index (χ4n) is 1.13. The lowest BCUT2D eigenvalue weighted by Crippen LogP contribution is -1.85. The Balaban J connectivity index is 2.74. The molecule has 0 atom stereocenters. The molecule has 2 aromatic heterocycles. The Morgan fingerprint density at radius 2 is 2.46 bits per heavy atom. The highest BCUT2D eigenvalue weighted by Gasteiger charge is 2.06. The average molecular weight is 177 g/mol. The van der Waals surface area contributed by atoms with E-state index in [-0.39, 0.29) is 5.82 Å². The number of ether oxygens (including phenoxy) is 1. The van der Waals surface area contributed by atoms with Crippen LogP contribution in [0.15, 0.2) is 12.3 Å². The third-order valence-corrected chi connectivity index (χ3v) is 1.70. The predicted molar refractivity (Wildman–Crippen MR) is 45.8 cm³/mol. The van der Waals surface area contributed by atoms with Gasteiger partial charge < -0.3 is 9.72 Å². The van der Waals surface area contributed by atoms with E-state index in [0.29, 0.717) is 23.2 Å². The van der Waals surface area contributed by atoms with E-state index >= 15 is 0 Å². The molecule has 2 aromatic rings. The lowest BCUT2D eigenvalue weighted by atomic mass is 10.4. The van der Waals surface area contributed by atoms with Crippen molar-refractivity contribution in [3.05, 3.63) is 18.1 Å². The number of hydrogen-bond acceptors (Lipinski definition) is 4. The minimum atomic E-state index is 0.256. The maximum atomic E-state index is 10.4. The average Bonchev–Trinajstić information content (AvgIpc) is 2.59. The minimum Gasteiger partial charge on any atom is -0.494 e. The van der Waals surface area contributed by atoms with Crippen molar-refractivity contribution in [2.75, 3.05) is 7.11 Å². The van der Waals surface area contributed by atoms with Gasteiger partial charge in [-0.25, -0.2) is 9.97 Å². The summed E-state index contributed by atoms with van der Waals surface area (Å²) in [6, 6.07) is 1.70. The largest absolute Gasteiger partial charge is 0.494 e. The molecule has 2 heterocycles. The van der Waals surface area contributed by atoms with Gasteiger partial charge in [0.2, 0.25) is 0 Å². The topological polar surface area (TPSA) is 67.9 Å². The molecule has 0 saturated heterocycles. The molecule has 0 bridgehead atoms. The van der Waals surface area contributed by atoms with Crippen LogP contribution < -0.4 is 4.74 Å². The fraction of sp³-hybridized carbons (Fsp3) is 0.125. The number of aromatic amines is 1. The standard InChI is InChI=1S/C8H7N3O2/c1-13-5-2-3-9-8-7(5)10-6(4-12)11-8/h2-4H,1H3,(H,9,10,11). The molecule has 0 saturated carbocycles. The summed E-state index contributed by atoms with van der Waals surface area (Å²) < 4.78 is 5.06. The smallest absolute Gasteiger partial charge is 0.185 e. The van der Waals surface area contributed by atoms with Crippen molar-refractivity contribution in [3.63, 3.8) is 0 Å². The number of H-pyrrole nitrogens is 1. The van der Waals surface area contributed by atoms with Crippen molar-refractivity contribution in [1.29, 1.82) is 0 Å². The van der Waals surface area contributed by atoms with E-state index in [1.54, 1.807) is 19.4 Å². The number of imidazole rings is 1. The van der Waals surface area contributed by atoms with Gasteiger partial charge >= 0.3 is 0 Å². The maximum absolute atomic E-state index is 10.4. The fourth-order valence-corrected chi connectivity index (χ4v) is 1.13. The van der Waals surface area contributed by atoms with Crippen molar-refractivity contribution < 1.29 is 9.53 Å². The highest BCUT2D eigenvalue weighted by Crippen LogP contribution is 2.20. The van der Waals surface area contributed by atoms with Crippen LogP contribution in [0.25, 0.3) is 11.2 Å². The van der Waals surface area contributed by atoms with Crippen LogP contribution in [0.1, 0.15) is 10.6 Å². The Morgan fingerprint density at radius 3 is 3.15 bits per heavy atom. The first kappa shape index (κ1) is 7.72. The van der Waals surface area contributed by atoms with Crippen molar-refractivity contribution in [3.8, 4) is 5.75 Å². The summed E-state index contributed by atoms with van der Waals surface area (Å²) in [6.07, 6.45) is 2.22. The second-order valence-corrected chi connectivity index (χ2v) is 2.45. The summed E-state index contributed by atoms with van der Waals surface area (Å²) in [5, 5.41) is 0. The molecule has 5 heteroatoms. The first-order valence-corrected chi connectivity index (χ1v) is 3.69. The van der Waals surface area contributed by atoms with E-state index in [0.717, 1.165) is 0 Å². The number of carbonyl (C=O) groups is 1. The Bertz CT molecular complexity index is 450. The third-order valence-electron chi connectivity index (χ3n) is 1.70. The van der Waals surface area contributed by atoms with Gasteiger partial charge in [-0.05, 0) is 0 Å². The third kappa shape index (κ3) is 1.14. The Kier molecular flexibility index (Phi) is 1.70.